The van der Waals surface area contributed by atoms with Gasteiger partial charge in [-0.1, -0.05) is 23.2 Å². The summed E-state index contributed by atoms with van der Waals surface area (Å²) in [6.07, 6.45) is 0. The molecule has 0 aliphatic heterocycles. The van der Waals surface area contributed by atoms with Crippen molar-refractivity contribution in [1.82, 2.24) is 9.97 Å². The Morgan fingerprint density at radius 3 is 2.30 bits per heavy atom. The number of hydrogen-bond donors (Lipinski definition) is 2. The summed E-state index contributed by atoms with van der Waals surface area (Å²) in [6.45, 7) is 1.76. The van der Waals surface area contributed by atoms with Crippen LogP contribution in [-0.2, 0) is 0 Å². The molecule has 3 rings (SSSR count). The highest BCUT2D eigenvalue weighted by atomic mass is 35.5. The normalized spacial score (nSPS) is 10.1. The number of aryl methyl sites for hydroxylation is 1. The van der Waals surface area contributed by atoms with Gasteiger partial charge in [-0.05, 0) is 55.5 Å². The van der Waals surface area contributed by atoms with Crippen molar-refractivity contribution in [2.24, 2.45) is 0 Å². The molecule has 0 aliphatic rings. The Balaban J connectivity index is 1.81. The zero-order valence-electron chi connectivity index (χ0n) is 14.1. The summed E-state index contributed by atoms with van der Waals surface area (Å²) in [5.74, 6) is -0.143. The number of benzene rings is 2. The molecular formula is C19H13Cl2N5O. The molecule has 3 aromatic rings. The fourth-order valence-corrected chi connectivity index (χ4v) is 2.85. The first-order valence-electron chi connectivity index (χ1n) is 7.83. The van der Waals surface area contributed by atoms with Crippen molar-refractivity contribution in [3.63, 3.8) is 0 Å². The van der Waals surface area contributed by atoms with E-state index in [-0.39, 0.29) is 11.6 Å². The van der Waals surface area contributed by atoms with Crippen LogP contribution in [0.2, 0.25) is 10.0 Å². The van der Waals surface area contributed by atoms with E-state index in [1.54, 1.807) is 55.5 Å². The highest BCUT2D eigenvalue weighted by molar-refractivity contribution is 6.35. The van der Waals surface area contributed by atoms with Crippen LogP contribution in [-0.4, -0.2) is 15.9 Å². The monoisotopic (exact) mass is 397 g/mol. The maximum Gasteiger partial charge on any atom is 0.274 e. The van der Waals surface area contributed by atoms with Gasteiger partial charge in [0.15, 0.2) is 0 Å². The van der Waals surface area contributed by atoms with E-state index >= 15 is 0 Å². The lowest BCUT2D eigenvalue weighted by molar-refractivity contribution is 0.102. The molecule has 1 heterocycles. The van der Waals surface area contributed by atoms with Crippen LogP contribution in [0.4, 0.5) is 17.3 Å². The molecule has 8 heteroatoms. The lowest BCUT2D eigenvalue weighted by Crippen LogP contribution is -2.15. The quantitative estimate of drug-likeness (QED) is 0.648. The van der Waals surface area contributed by atoms with Gasteiger partial charge in [0.25, 0.3) is 5.91 Å². The standard InChI is InChI=1S/C19H13Cl2N5O/c1-11-6-17(18(27)24-15-4-2-12(10-22)3-5-15)26-19(23-11)25-16-8-13(20)7-14(21)9-16/h2-9H,1H3,(H,24,27)(H,23,25,26). The number of hydrogen-bond acceptors (Lipinski definition) is 5. The van der Waals surface area contributed by atoms with Gasteiger partial charge in [0.2, 0.25) is 5.95 Å². The van der Waals surface area contributed by atoms with Gasteiger partial charge in [0, 0.05) is 27.1 Å². The number of carbonyl (C=O) groups excluding carboxylic acids is 1. The molecule has 0 radical (unpaired) electrons. The molecule has 0 atom stereocenters. The van der Waals surface area contributed by atoms with Gasteiger partial charge in [-0.3, -0.25) is 4.79 Å². The van der Waals surface area contributed by atoms with E-state index in [1.165, 1.54) is 0 Å². The van der Waals surface area contributed by atoms with Gasteiger partial charge in [-0.2, -0.15) is 5.26 Å². The molecule has 27 heavy (non-hydrogen) atoms. The minimum Gasteiger partial charge on any atom is -0.324 e. The van der Waals surface area contributed by atoms with Gasteiger partial charge in [-0.15, -0.1) is 0 Å². The molecular weight excluding hydrogens is 385 g/mol. The maximum atomic E-state index is 12.5. The van der Waals surface area contributed by atoms with E-state index < -0.39 is 5.91 Å². The van der Waals surface area contributed by atoms with E-state index in [0.29, 0.717) is 32.7 Å². The van der Waals surface area contributed by atoms with Crippen molar-refractivity contribution in [3.8, 4) is 6.07 Å². The van der Waals surface area contributed by atoms with Crippen LogP contribution in [0.3, 0.4) is 0 Å². The number of nitriles is 1. The molecule has 2 aromatic carbocycles. The van der Waals surface area contributed by atoms with E-state index in [9.17, 15) is 4.79 Å². The lowest BCUT2D eigenvalue weighted by atomic mass is 10.2. The number of carbonyl (C=O) groups is 1. The Hall–Kier alpha value is -3.14. The van der Waals surface area contributed by atoms with E-state index in [2.05, 4.69) is 20.6 Å². The number of anilines is 3. The summed E-state index contributed by atoms with van der Waals surface area (Å²) < 4.78 is 0. The summed E-state index contributed by atoms with van der Waals surface area (Å²) >= 11 is 12.0. The van der Waals surface area contributed by atoms with Crippen LogP contribution < -0.4 is 10.6 Å². The smallest absolute Gasteiger partial charge is 0.274 e. The molecule has 2 N–H and O–H groups in total. The molecule has 0 saturated heterocycles. The molecule has 0 fully saturated rings. The molecule has 1 amide bonds. The van der Waals surface area contributed by atoms with Crippen molar-refractivity contribution < 1.29 is 4.79 Å². The number of nitrogens with one attached hydrogen (secondary N) is 2. The van der Waals surface area contributed by atoms with E-state index in [4.69, 9.17) is 28.5 Å². The summed E-state index contributed by atoms with van der Waals surface area (Å²) in [4.78, 5) is 21.0. The van der Waals surface area contributed by atoms with E-state index in [0.717, 1.165) is 0 Å². The molecule has 1 aromatic heterocycles. The Morgan fingerprint density at radius 2 is 1.67 bits per heavy atom. The summed E-state index contributed by atoms with van der Waals surface area (Å²) in [5, 5.41) is 15.5. The Bertz CT molecular complexity index is 1020. The van der Waals surface area contributed by atoms with E-state index in [1.807, 2.05) is 6.07 Å². The zero-order valence-corrected chi connectivity index (χ0v) is 15.6. The minimum atomic E-state index is -0.391. The van der Waals surface area contributed by atoms with Gasteiger partial charge < -0.3 is 10.6 Å². The average Bonchev–Trinajstić information content (AvgIpc) is 2.61. The first-order chi connectivity index (χ1) is 12.9. The summed E-state index contributed by atoms with van der Waals surface area (Å²) in [7, 11) is 0. The molecule has 0 unspecified atom stereocenters. The SMILES string of the molecule is Cc1cc(C(=O)Nc2ccc(C#N)cc2)nc(Nc2cc(Cl)cc(Cl)c2)n1. The second kappa shape index (κ2) is 8.04. The summed E-state index contributed by atoms with van der Waals surface area (Å²) in [6, 6.07) is 15.1. The van der Waals surface area contributed by atoms with Crippen LogP contribution in [0, 0.1) is 18.3 Å². The second-order valence-electron chi connectivity index (χ2n) is 5.64. The average molecular weight is 398 g/mol. The van der Waals surface area contributed by atoms with Gasteiger partial charge in [-0.25, -0.2) is 9.97 Å². The number of aromatic nitrogens is 2. The third kappa shape index (κ3) is 4.94. The van der Waals surface area contributed by atoms with Gasteiger partial charge in [0.05, 0.1) is 11.6 Å². The molecule has 0 saturated carbocycles. The topological polar surface area (TPSA) is 90.7 Å². The molecule has 0 aliphatic carbocycles. The van der Waals surface area contributed by atoms with Crippen molar-refractivity contribution in [3.05, 3.63) is 75.5 Å². The largest absolute Gasteiger partial charge is 0.324 e. The molecule has 0 bridgehead atoms. The number of halogens is 2. The Labute approximate surface area is 165 Å². The number of nitrogens with zero attached hydrogens (tertiary/aromatic N) is 3. The van der Waals surface area contributed by atoms with Crippen molar-refractivity contribution in [1.29, 1.82) is 5.26 Å². The Morgan fingerprint density at radius 1 is 1.00 bits per heavy atom. The number of rotatable bonds is 4. The highest BCUT2D eigenvalue weighted by Gasteiger charge is 2.12. The van der Waals surface area contributed by atoms with Crippen LogP contribution >= 0.6 is 23.2 Å². The highest BCUT2D eigenvalue weighted by Crippen LogP contribution is 2.24. The number of amides is 1. The third-order valence-corrected chi connectivity index (χ3v) is 3.91. The van der Waals surface area contributed by atoms with Crippen molar-refractivity contribution in [2.45, 2.75) is 6.92 Å². The van der Waals surface area contributed by atoms with Crippen LogP contribution in [0.15, 0.2) is 48.5 Å². The minimum absolute atomic E-state index is 0.197. The van der Waals surface area contributed by atoms with Crippen LogP contribution in [0.1, 0.15) is 21.7 Å². The van der Waals surface area contributed by atoms with Crippen LogP contribution in [0.25, 0.3) is 0 Å². The molecule has 134 valence electrons. The third-order valence-electron chi connectivity index (χ3n) is 3.48. The van der Waals surface area contributed by atoms with Crippen LogP contribution in [0.5, 0.6) is 0 Å². The molecule has 6 nitrogen and oxygen atoms in total. The first kappa shape index (κ1) is 18.6. The Kier molecular flexibility index (Phi) is 5.55. The predicted molar refractivity (Wildman–Crippen MR) is 106 cm³/mol. The second-order valence-corrected chi connectivity index (χ2v) is 6.52. The van der Waals surface area contributed by atoms with Crippen molar-refractivity contribution in [2.75, 3.05) is 10.6 Å². The maximum absolute atomic E-state index is 12.5. The molecule has 0 spiro atoms. The van der Waals surface area contributed by atoms with Gasteiger partial charge in [0.1, 0.15) is 5.69 Å². The van der Waals surface area contributed by atoms with Crippen molar-refractivity contribution >= 4 is 46.4 Å². The zero-order chi connectivity index (χ0) is 19.4. The fraction of sp³-hybridized carbons (Fsp3) is 0.0526. The predicted octanol–water partition coefficient (Wildman–Crippen LogP) is 4.96. The fourth-order valence-electron chi connectivity index (χ4n) is 2.32. The first-order valence-corrected chi connectivity index (χ1v) is 8.59. The van der Waals surface area contributed by atoms with Gasteiger partial charge >= 0.3 is 0 Å². The lowest BCUT2D eigenvalue weighted by Gasteiger charge is -2.09. The summed E-state index contributed by atoms with van der Waals surface area (Å²) in [5.41, 5.74) is 2.49.